The van der Waals surface area contributed by atoms with Gasteiger partial charge in [-0.25, -0.2) is 0 Å². The number of nitrogens with one attached hydrogen (secondary N) is 1. The second-order valence-electron chi connectivity index (χ2n) is 9.53. The van der Waals surface area contributed by atoms with Crippen molar-refractivity contribution in [1.29, 1.82) is 0 Å². The molecule has 37 heavy (non-hydrogen) atoms. The van der Waals surface area contributed by atoms with E-state index in [4.69, 9.17) is 14.6 Å². The molecule has 8 heteroatoms. The van der Waals surface area contributed by atoms with Gasteiger partial charge >= 0.3 is 5.97 Å². The third kappa shape index (κ3) is 5.23. The number of carboxylic acids is 1. The lowest BCUT2D eigenvalue weighted by molar-refractivity contribution is -0.136. The first-order chi connectivity index (χ1) is 17.9. The van der Waals surface area contributed by atoms with Crippen LogP contribution in [0.15, 0.2) is 77.5 Å². The molecule has 5 aromatic rings. The van der Waals surface area contributed by atoms with E-state index >= 15 is 0 Å². The Morgan fingerprint density at radius 3 is 2.59 bits per heavy atom. The van der Waals surface area contributed by atoms with Crippen LogP contribution < -0.4 is 5.32 Å². The summed E-state index contributed by atoms with van der Waals surface area (Å²) in [4.78, 5) is 27.3. The Hall–Kier alpha value is -4.46. The van der Waals surface area contributed by atoms with E-state index in [2.05, 4.69) is 36.3 Å². The van der Waals surface area contributed by atoms with Crippen molar-refractivity contribution in [2.45, 2.75) is 32.7 Å². The number of aromatic nitrogens is 3. The molecule has 0 fully saturated rings. The first kappa shape index (κ1) is 24.2. The second kappa shape index (κ2) is 10.3. The Morgan fingerprint density at radius 1 is 1.03 bits per heavy atom. The number of furan rings is 1. The first-order valence-electron chi connectivity index (χ1n) is 12.3. The average molecular weight is 497 g/mol. The molecule has 0 radical (unpaired) electrons. The molecule has 1 unspecified atom stereocenters. The molecule has 3 heterocycles. The van der Waals surface area contributed by atoms with Gasteiger partial charge in [-0.3, -0.25) is 19.3 Å². The monoisotopic (exact) mass is 496 g/mol. The van der Waals surface area contributed by atoms with Crippen molar-refractivity contribution in [3.63, 3.8) is 0 Å². The van der Waals surface area contributed by atoms with Crippen LogP contribution >= 0.6 is 0 Å². The molecular weight excluding hydrogens is 468 g/mol. The number of rotatable bonds is 9. The molecule has 0 aliphatic carbocycles. The molecule has 2 aromatic carbocycles. The molecular formula is C29H28N4O4. The SMILES string of the molecule is CC(C)CC(c1ccc(C(=O)NCCC(=O)O)nc1)n1ncc2cc(-c3cc4ccccc4o3)ccc21. The van der Waals surface area contributed by atoms with E-state index in [-0.39, 0.29) is 24.7 Å². The van der Waals surface area contributed by atoms with Crippen LogP contribution in [0.2, 0.25) is 0 Å². The zero-order valence-electron chi connectivity index (χ0n) is 20.7. The number of pyridine rings is 1. The molecule has 1 atom stereocenters. The van der Waals surface area contributed by atoms with Crippen molar-refractivity contribution in [2.24, 2.45) is 5.92 Å². The van der Waals surface area contributed by atoms with Gasteiger partial charge in [0.05, 0.1) is 24.2 Å². The van der Waals surface area contributed by atoms with Crippen molar-refractivity contribution >= 4 is 33.7 Å². The minimum atomic E-state index is -0.962. The average Bonchev–Trinajstić information content (AvgIpc) is 3.51. The number of benzene rings is 2. The molecule has 8 nitrogen and oxygen atoms in total. The molecule has 0 bridgehead atoms. The summed E-state index contributed by atoms with van der Waals surface area (Å²) in [5.41, 5.74) is 4.04. The summed E-state index contributed by atoms with van der Waals surface area (Å²) < 4.78 is 8.06. The lowest BCUT2D eigenvalue weighted by Gasteiger charge is -2.21. The molecule has 2 N–H and O–H groups in total. The maximum atomic E-state index is 12.3. The van der Waals surface area contributed by atoms with Gasteiger partial charge in [0.25, 0.3) is 5.91 Å². The maximum absolute atomic E-state index is 12.3. The van der Waals surface area contributed by atoms with Gasteiger partial charge in [0, 0.05) is 29.1 Å². The van der Waals surface area contributed by atoms with Crippen LogP contribution in [0.1, 0.15) is 48.8 Å². The van der Waals surface area contributed by atoms with Gasteiger partial charge in [0.15, 0.2) is 0 Å². The molecule has 0 saturated heterocycles. The number of hydrogen-bond acceptors (Lipinski definition) is 5. The Kier molecular flexibility index (Phi) is 6.72. The molecule has 0 aliphatic heterocycles. The predicted octanol–water partition coefficient (Wildman–Crippen LogP) is 5.68. The van der Waals surface area contributed by atoms with Crippen LogP contribution in [0.5, 0.6) is 0 Å². The molecule has 3 aromatic heterocycles. The van der Waals surface area contributed by atoms with Crippen LogP contribution in [0.4, 0.5) is 0 Å². The summed E-state index contributed by atoms with van der Waals surface area (Å²) in [5, 5.41) is 18.2. The minimum absolute atomic E-state index is 0.0584. The summed E-state index contributed by atoms with van der Waals surface area (Å²) in [6.45, 7) is 4.38. The number of nitrogens with zero attached hydrogens (tertiary/aromatic N) is 3. The number of fused-ring (bicyclic) bond motifs is 2. The van der Waals surface area contributed by atoms with Gasteiger partial charge in [-0.2, -0.15) is 5.10 Å². The minimum Gasteiger partial charge on any atom is -0.481 e. The number of carboxylic acid groups (broad SMARTS) is 1. The first-order valence-corrected chi connectivity index (χ1v) is 12.3. The molecule has 0 spiro atoms. The lowest BCUT2D eigenvalue weighted by Crippen LogP contribution is -2.27. The summed E-state index contributed by atoms with van der Waals surface area (Å²) in [6.07, 6.45) is 4.28. The summed E-state index contributed by atoms with van der Waals surface area (Å²) in [7, 11) is 0. The van der Waals surface area contributed by atoms with Gasteiger partial charge in [0.1, 0.15) is 17.0 Å². The molecule has 188 valence electrons. The predicted molar refractivity (Wildman–Crippen MR) is 141 cm³/mol. The zero-order valence-corrected chi connectivity index (χ0v) is 20.7. The van der Waals surface area contributed by atoms with Crippen LogP contribution in [0, 0.1) is 5.92 Å². The number of amides is 1. The smallest absolute Gasteiger partial charge is 0.305 e. The topological polar surface area (TPSA) is 110 Å². The van der Waals surface area contributed by atoms with E-state index in [9.17, 15) is 9.59 Å². The van der Waals surface area contributed by atoms with Gasteiger partial charge in [-0.05, 0) is 54.3 Å². The van der Waals surface area contributed by atoms with Crippen LogP contribution in [0.3, 0.4) is 0 Å². The Balaban J connectivity index is 1.42. The van der Waals surface area contributed by atoms with Crippen LogP contribution in [-0.2, 0) is 4.79 Å². The normalized spacial score (nSPS) is 12.3. The van der Waals surface area contributed by atoms with Crippen molar-refractivity contribution in [3.8, 4) is 11.3 Å². The molecule has 0 saturated carbocycles. The van der Waals surface area contributed by atoms with Gasteiger partial charge in [-0.1, -0.05) is 38.1 Å². The number of carbonyl (C=O) groups excluding carboxylic acids is 1. The molecule has 1 amide bonds. The largest absolute Gasteiger partial charge is 0.481 e. The fraction of sp³-hybridized carbons (Fsp3) is 0.241. The van der Waals surface area contributed by atoms with E-state index in [1.165, 1.54) is 0 Å². The summed E-state index contributed by atoms with van der Waals surface area (Å²) in [6, 6.07) is 19.7. The Labute approximate surface area is 213 Å². The number of para-hydroxylation sites is 1. The van der Waals surface area contributed by atoms with E-state index in [1.807, 2.05) is 53.3 Å². The van der Waals surface area contributed by atoms with E-state index < -0.39 is 11.9 Å². The highest BCUT2D eigenvalue weighted by Gasteiger charge is 2.20. The van der Waals surface area contributed by atoms with Gasteiger partial charge < -0.3 is 14.8 Å². The summed E-state index contributed by atoms with van der Waals surface area (Å²) >= 11 is 0. The third-order valence-electron chi connectivity index (χ3n) is 6.32. The van der Waals surface area contributed by atoms with Crippen molar-refractivity contribution in [2.75, 3.05) is 6.54 Å². The second-order valence-corrected chi connectivity index (χ2v) is 9.53. The standard InChI is InChI=1S/C29H28N4O4/c1-18(2)13-25(21-7-9-23(31-16-21)29(36)30-12-11-28(34)35)33-24-10-8-20(14-22(24)17-32-33)27-15-19-5-3-4-6-26(19)37-27/h3-10,14-18,25H,11-13H2,1-2H3,(H,30,36)(H,34,35). The quantitative estimate of drug-likeness (QED) is 0.271. The number of hydrogen-bond donors (Lipinski definition) is 2. The maximum Gasteiger partial charge on any atom is 0.305 e. The zero-order chi connectivity index (χ0) is 25.9. The lowest BCUT2D eigenvalue weighted by atomic mass is 9.97. The highest BCUT2D eigenvalue weighted by Crippen LogP contribution is 2.33. The van der Waals surface area contributed by atoms with Crippen molar-refractivity contribution in [1.82, 2.24) is 20.1 Å². The molecule has 5 rings (SSSR count). The highest BCUT2D eigenvalue weighted by molar-refractivity contribution is 5.92. The fourth-order valence-corrected chi connectivity index (χ4v) is 4.51. The van der Waals surface area contributed by atoms with Crippen molar-refractivity contribution in [3.05, 3.63) is 84.3 Å². The number of carbonyl (C=O) groups is 2. The van der Waals surface area contributed by atoms with E-state index in [0.29, 0.717) is 5.92 Å². The molecule has 0 aliphatic rings. The van der Waals surface area contributed by atoms with Crippen LogP contribution in [0.25, 0.3) is 33.2 Å². The van der Waals surface area contributed by atoms with Gasteiger partial charge in [0.2, 0.25) is 0 Å². The highest BCUT2D eigenvalue weighted by atomic mass is 16.4. The van der Waals surface area contributed by atoms with E-state index in [1.54, 1.807) is 12.3 Å². The van der Waals surface area contributed by atoms with Crippen molar-refractivity contribution < 1.29 is 19.1 Å². The Bertz CT molecular complexity index is 1530. The Morgan fingerprint density at radius 2 is 1.86 bits per heavy atom. The van der Waals surface area contributed by atoms with E-state index in [0.717, 1.165) is 45.2 Å². The van der Waals surface area contributed by atoms with Crippen LogP contribution in [-0.4, -0.2) is 38.3 Å². The third-order valence-corrected chi connectivity index (χ3v) is 6.32. The summed E-state index contributed by atoms with van der Waals surface area (Å²) in [5.74, 6) is -0.138. The number of aliphatic carboxylic acids is 1. The van der Waals surface area contributed by atoms with Gasteiger partial charge in [-0.15, -0.1) is 0 Å². The fourth-order valence-electron chi connectivity index (χ4n) is 4.51.